The van der Waals surface area contributed by atoms with E-state index in [-0.39, 0.29) is 0 Å². The van der Waals surface area contributed by atoms with Gasteiger partial charge in [-0.25, -0.2) is 0 Å². The van der Waals surface area contributed by atoms with Crippen LogP contribution in [0.15, 0.2) is 18.1 Å². The van der Waals surface area contributed by atoms with Gasteiger partial charge in [-0.05, 0) is 6.08 Å². The van der Waals surface area contributed by atoms with E-state index in [9.17, 15) is 4.79 Å². The lowest BCUT2D eigenvalue weighted by Crippen LogP contribution is -1.60. The first-order chi connectivity index (χ1) is 3.41. The van der Waals surface area contributed by atoms with Gasteiger partial charge in [-0.3, -0.25) is 0 Å². The minimum absolute atomic E-state index is 0.317. The van der Waals surface area contributed by atoms with Crippen LogP contribution in [0.4, 0.5) is 0 Å². The molecule has 0 aromatic heterocycles. The second-order valence-electron chi connectivity index (χ2n) is 0.902. The van der Waals surface area contributed by atoms with Crippen molar-refractivity contribution in [1.29, 1.82) is 0 Å². The summed E-state index contributed by atoms with van der Waals surface area (Å²) >= 11 is 0. The molecule has 0 aliphatic carbocycles. The number of aldehydes is 1. The Kier molecular flexibility index (Phi) is 4.27. The predicted octanol–water partition coefficient (Wildman–Crippen LogP) is 0.802. The number of carbonyl (C=O) groups is 1. The molecule has 0 aromatic carbocycles. The van der Waals surface area contributed by atoms with Crippen molar-refractivity contribution >= 4 is 6.29 Å². The number of carbonyl (C=O) groups excluding carboxylic acids is 1. The number of hydrogen-bond donors (Lipinski definition) is 1. The van der Waals surface area contributed by atoms with Crippen LogP contribution < -0.4 is 0 Å². The van der Waals surface area contributed by atoms with Crippen LogP contribution in [0, 0.1) is 0 Å². The number of aliphatic hydroxyl groups is 1. The van der Waals surface area contributed by atoms with Crippen LogP contribution in [0.1, 0.15) is 6.42 Å². The molecule has 0 spiro atoms. The summed E-state index contributed by atoms with van der Waals surface area (Å²) < 4.78 is 0. The van der Waals surface area contributed by atoms with Crippen molar-refractivity contribution in [3.05, 3.63) is 18.1 Å². The summed E-state index contributed by atoms with van der Waals surface area (Å²) in [6.07, 6.45) is 3.25. The van der Waals surface area contributed by atoms with E-state index in [1.165, 1.54) is 6.08 Å². The largest absolute Gasteiger partial charge is 0.507 e. The normalized spacial score (nSPS) is 6.29. The molecule has 0 unspecified atom stereocenters. The fourth-order valence-electron chi connectivity index (χ4n) is 0.169. The highest BCUT2D eigenvalue weighted by Crippen LogP contribution is 1.69. The van der Waals surface area contributed by atoms with Crippen LogP contribution >= 0.6 is 0 Å². The third kappa shape index (κ3) is 4.99. The van der Waals surface area contributed by atoms with Crippen molar-refractivity contribution in [3.63, 3.8) is 0 Å². The van der Waals surface area contributed by atoms with Gasteiger partial charge >= 0.3 is 0 Å². The van der Waals surface area contributed by atoms with Crippen LogP contribution in [0.5, 0.6) is 0 Å². The van der Waals surface area contributed by atoms with Crippen molar-refractivity contribution in [1.82, 2.24) is 0 Å². The maximum absolute atomic E-state index is 9.51. The second-order valence-corrected chi connectivity index (χ2v) is 0.902. The Balaban J connectivity index is 3.27. The Labute approximate surface area is 41.8 Å². The van der Waals surface area contributed by atoms with Gasteiger partial charge in [0.05, 0.1) is 0 Å². The molecule has 0 rings (SSSR count). The zero-order valence-corrected chi connectivity index (χ0v) is 3.79. The highest BCUT2D eigenvalue weighted by molar-refractivity contribution is 5.51. The first kappa shape index (κ1) is 5.99. The lowest BCUT2D eigenvalue weighted by atomic mass is 10.5. The summed E-state index contributed by atoms with van der Waals surface area (Å²) in [5.74, 6) is 0. The van der Waals surface area contributed by atoms with Crippen LogP contribution in [0.2, 0.25) is 0 Å². The maximum Gasteiger partial charge on any atom is 0.124 e. The molecule has 2 nitrogen and oxygen atoms in total. The Morgan fingerprint density at radius 3 is 2.86 bits per heavy atom. The molecule has 0 aromatic rings. The fraction of sp³-hybridized carbons (Fsp3) is 0.200. The third-order valence-corrected chi connectivity index (χ3v) is 0.406. The zero-order valence-electron chi connectivity index (χ0n) is 3.79. The van der Waals surface area contributed by atoms with E-state index < -0.39 is 0 Å². The number of hydrogen-bond acceptors (Lipinski definition) is 2. The predicted molar refractivity (Wildman–Crippen MR) is 26.0 cm³/mol. The molecule has 0 amide bonds. The monoisotopic (exact) mass is 98.0 g/mol. The summed E-state index contributed by atoms with van der Waals surface area (Å²) in [7, 11) is 0. The molecule has 0 fully saturated rings. The van der Waals surface area contributed by atoms with Crippen LogP contribution in [-0.2, 0) is 4.79 Å². The summed E-state index contributed by atoms with van der Waals surface area (Å²) in [5.41, 5.74) is 2.32. The van der Waals surface area contributed by atoms with Crippen LogP contribution in [0.3, 0.4) is 0 Å². The van der Waals surface area contributed by atoms with Gasteiger partial charge in [-0.15, -0.1) is 0 Å². The molecule has 1 N–H and O–H groups in total. The molecule has 0 aliphatic rings. The summed E-state index contributed by atoms with van der Waals surface area (Å²) in [6.45, 7) is 0. The van der Waals surface area contributed by atoms with Gasteiger partial charge in [-0.1, -0.05) is 5.73 Å². The van der Waals surface area contributed by atoms with Gasteiger partial charge in [0, 0.05) is 6.42 Å². The van der Waals surface area contributed by atoms with E-state index in [2.05, 4.69) is 5.73 Å². The van der Waals surface area contributed by atoms with Crippen LogP contribution in [0.25, 0.3) is 0 Å². The minimum Gasteiger partial charge on any atom is -0.507 e. The van der Waals surface area contributed by atoms with Gasteiger partial charge in [0.15, 0.2) is 0 Å². The van der Waals surface area contributed by atoms with E-state index in [1.807, 2.05) is 0 Å². The molecule has 0 atom stereocenters. The fourth-order valence-corrected chi connectivity index (χ4v) is 0.169. The zero-order chi connectivity index (χ0) is 5.54. The summed E-state index contributed by atoms with van der Waals surface area (Å²) in [5, 5.41) is 7.91. The Bertz CT molecular complexity index is 98.6. The van der Waals surface area contributed by atoms with E-state index >= 15 is 0 Å². The topological polar surface area (TPSA) is 37.3 Å². The van der Waals surface area contributed by atoms with E-state index in [4.69, 9.17) is 5.11 Å². The van der Waals surface area contributed by atoms with Crippen LogP contribution in [-0.4, -0.2) is 11.4 Å². The molecule has 0 saturated heterocycles. The standard InChI is InChI=1S/C5H6O2/c6-4-2-1-3-5-7/h1,4-5,7H,2H2. The van der Waals surface area contributed by atoms with Gasteiger partial charge < -0.3 is 9.90 Å². The molecular weight excluding hydrogens is 92.1 g/mol. The average molecular weight is 98.1 g/mol. The number of rotatable bonds is 2. The van der Waals surface area contributed by atoms with Gasteiger partial charge in [0.25, 0.3) is 0 Å². The molecule has 0 saturated carbocycles. The van der Waals surface area contributed by atoms with Crippen molar-refractivity contribution in [2.24, 2.45) is 0 Å². The SMILES string of the molecule is O=CCC=C=CO. The van der Waals surface area contributed by atoms with Crippen molar-refractivity contribution in [2.75, 3.05) is 0 Å². The first-order valence-electron chi connectivity index (χ1n) is 1.89. The Hall–Kier alpha value is -1.01. The van der Waals surface area contributed by atoms with E-state index in [1.54, 1.807) is 0 Å². The minimum atomic E-state index is 0.317. The van der Waals surface area contributed by atoms with Crippen molar-refractivity contribution in [2.45, 2.75) is 6.42 Å². The maximum atomic E-state index is 9.51. The molecule has 38 valence electrons. The smallest absolute Gasteiger partial charge is 0.124 e. The average Bonchev–Trinajstić information content (AvgIpc) is 1.69. The Morgan fingerprint density at radius 1 is 1.71 bits per heavy atom. The van der Waals surface area contributed by atoms with E-state index in [0.717, 1.165) is 12.5 Å². The van der Waals surface area contributed by atoms with Gasteiger partial charge in [-0.2, -0.15) is 0 Å². The van der Waals surface area contributed by atoms with Gasteiger partial charge in [0.1, 0.15) is 12.5 Å². The highest BCUT2D eigenvalue weighted by atomic mass is 16.2. The van der Waals surface area contributed by atoms with E-state index in [0.29, 0.717) is 6.42 Å². The van der Waals surface area contributed by atoms with Gasteiger partial charge in [0.2, 0.25) is 0 Å². The lowest BCUT2D eigenvalue weighted by Gasteiger charge is -1.63. The molecule has 2 heteroatoms. The molecule has 0 heterocycles. The van der Waals surface area contributed by atoms with Crippen molar-refractivity contribution in [3.8, 4) is 0 Å². The number of aliphatic hydroxyl groups excluding tert-OH is 1. The molecule has 0 bridgehead atoms. The lowest BCUT2D eigenvalue weighted by molar-refractivity contribution is -0.107. The molecule has 7 heavy (non-hydrogen) atoms. The second kappa shape index (κ2) is 4.99. The summed E-state index contributed by atoms with van der Waals surface area (Å²) in [6, 6.07) is 0. The summed E-state index contributed by atoms with van der Waals surface area (Å²) in [4.78, 5) is 9.51. The molecular formula is C5H6O2. The van der Waals surface area contributed by atoms with Crippen molar-refractivity contribution < 1.29 is 9.90 Å². The quantitative estimate of drug-likeness (QED) is 0.315. The number of allylic oxidation sites excluding steroid dienone is 1. The Morgan fingerprint density at radius 2 is 2.43 bits per heavy atom. The first-order valence-corrected chi connectivity index (χ1v) is 1.89. The highest BCUT2D eigenvalue weighted by Gasteiger charge is 1.63. The molecule has 0 radical (unpaired) electrons. The molecule has 0 aliphatic heterocycles. The third-order valence-electron chi connectivity index (χ3n) is 0.406.